The summed E-state index contributed by atoms with van der Waals surface area (Å²) in [7, 11) is 0. The van der Waals surface area contributed by atoms with Crippen LogP contribution in [0.4, 0.5) is 0 Å². The Morgan fingerprint density at radius 3 is 2.37 bits per heavy atom. The van der Waals surface area contributed by atoms with Crippen molar-refractivity contribution < 1.29 is 4.79 Å². The van der Waals surface area contributed by atoms with Crippen LogP contribution in [0.3, 0.4) is 0 Å². The average Bonchev–Trinajstić information content (AvgIpc) is 2.37. The molecule has 0 radical (unpaired) electrons. The number of amides is 1. The summed E-state index contributed by atoms with van der Waals surface area (Å²) in [6, 6.07) is 5.52. The lowest BCUT2D eigenvalue weighted by molar-refractivity contribution is -0.137. The molecule has 1 aromatic rings. The van der Waals surface area contributed by atoms with E-state index >= 15 is 0 Å². The van der Waals surface area contributed by atoms with Crippen LogP contribution in [-0.4, -0.2) is 23.4 Å². The smallest absolute Gasteiger partial charge is 0.227 e. The van der Waals surface area contributed by atoms with E-state index in [4.69, 9.17) is 28.9 Å². The van der Waals surface area contributed by atoms with Gasteiger partial charge in [-0.05, 0) is 31.5 Å². The summed E-state index contributed by atoms with van der Waals surface area (Å²) < 4.78 is 0. The summed E-state index contributed by atoms with van der Waals surface area (Å²) in [4.78, 5) is 14.1. The van der Waals surface area contributed by atoms with Crippen molar-refractivity contribution in [1.29, 1.82) is 0 Å². The van der Waals surface area contributed by atoms with Gasteiger partial charge in [0.1, 0.15) is 0 Å². The Bertz CT molecular complexity index is 449. The van der Waals surface area contributed by atoms with E-state index < -0.39 is 0 Å². The van der Waals surface area contributed by atoms with Gasteiger partial charge in [-0.3, -0.25) is 4.79 Å². The van der Waals surface area contributed by atoms with Gasteiger partial charge in [-0.1, -0.05) is 36.2 Å². The second kappa shape index (κ2) is 7.13. The SMILES string of the molecule is CC(CN)C(=O)N(Cc1ccc(Cl)c(Cl)c1)C(C)C. The van der Waals surface area contributed by atoms with Gasteiger partial charge in [-0.25, -0.2) is 0 Å². The Hall–Kier alpha value is -0.770. The molecule has 0 bridgehead atoms. The number of carbonyl (C=O) groups is 1. The third kappa shape index (κ3) is 4.37. The normalized spacial score (nSPS) is 12.6. The molecule has 0 aromatic heterocycles. The molecular formula is C14H20Cl2N2O. The van der Waals surface area contributed by atoms with Crippen LogP contribution < -0.4 is 5.73 Å². The van der Waals surface area contributed by atoms with Crippen molar-refractivity contribution in [1.82, 2.24) is 4.90 Å². The predicted molar refractivity (Wildman–Crippen MR) is 80.4 cm³/mol. The maximum atomic E-state index is 12.3. The molecule has 1 atom stereocenters. The van der Waals surface area contributed by atoms with E-state index in [1.165, 1.54) is 0 Å². The number of carbonyl (C=O) groups excluding carboxylic acids is 1. The van der Waals surface area contributed by atoms with Crippen LogP contribution in [0.25, 0.3) is 0 Å². The Morgan fingerprint density at radius 2 is 1.89 bits per heavy atom. The molecule has 0 saturated carbocycles. The number of hydrogen-bond acceptors (Lipinski definition) is 2. The number of halogens is 2. The summed E-state index contributed by atoms with van der Waals surface area (Å²) in [5.74, 6) is -0.117. The molecule has 19 heavy (non-hydrogen) atoms. The minimum Gasteiger partial charge on any atom is -0.336 e. The molecule has 0 spiro atoms. The topological polar surface area (TPSA) is 46.3 Å². The van der Waals surface area contributed by atoms with Gasteiger partial charge >= 0.3 is 0 Å². The zero-order valence-corrected chi connectivity index (χ0v) is 13.0. The summed E-state index contributed by atoms with van der Waals surface area (Å²) >= 11 is 11.9. The van der Waals surface area contributed by atoms with Crippen LogP contribution in [0, 0.1) is 5.92 Å². The molecular weight excluding hydrogens is 283 g/mol. The van der Waals surface area contributed by atoms with E-state index in [0.717, 1.165) is 5.56 Å². The molecule has 1 aromatic carbocycles. The minimum absolute atomic E-state index is 0.0589. The molecule has 0 heterocycles. The first kappa shape index (κ1) is 16.3. The highest BCUT2D eigenvalue weighted by Crippen LogP contribution is 2.24. The summed E-state index contributed by atoms with van der Waals surface area (Å²) in [5, 5.41) is 1.02. The molecule has 3 nitrogen and oxygen atoms in total. The minimum atomic E-state index is -0.176. The van der Waals surface area contributed by atoms with Crippen molar-refractivity contribution in [3.63, 3.8) is 0 Å². The number of hydrogen-bond donors (Lipinski definition) is 1. The zero-order valence-electron chi connectivity index (χ0n) is 11.5. The highest BCUT2D eigenvalue weighted by molar-refractivity contribution is 6.42. The van der Waals surface area contributed by atoms with Crippen LogP contribution in [0.5, 0.6) is 0 Å². The van der Waals surface area contributed by atoms with Crippen molar-refractivity contribution in [2.75, 3.05) is 6.54 Å². The Kier molecular flexibility index (Phi) is 6.11. The summed E-state index contributed by atoms with van der Waals surface area (Å²) in [6.45, 7) is 6.67. The predicted octanol–water partition coefficient (Wildman–Crippen LogP) is 3.33. The van der Waals surface area contributed by atoms with Gasteiger partial charge in [0.15, 0.2) is 0 Å². The summed E-state index contributed by atoms with van der Waals surface area (Å²) in [6.07, 6.45) is 0. The first-order valence-electron chi connectivity index (χ1n) is 6.31. The molecule has 1 unspecified atom stereocenters. The third-order valence-corrected chi connectivity index (χ3v) is 3.76. The lowest BCUT2D eigenvalue weighted by Gasteiger charge is -2.29. The second-order valence-corrected chi connectivity index (χ2v) is 5.76. The van der Waals surface area contributed by atoms with Gasteiger partial charge in [0.25, 0.3) is 0 Å². The van der Waals surface area contributed by atoms with Gasteiger partial charge in [-0.2, -0.15) is 0 Å². The van der Waals surface area contributed by atoms with E-state index in [-0.39, 0.29) is 17.9 Å². The Labute approximate surface area is 124 Å². The Morgan fingerprint density at radius 1 is 1.26 bits per heavy atom. The van der Waals surface area contributed by atoms with Crippen LogP contribution in [0.15, 0.2) is 18.2 Å². The molecule has 106 valence electrons. The fraction of sp³-hybridized carbons (Fsp3) is 0.500. The van der Waals surface area contributed by atoms with Gasteiger partial charge in [0.2, 0.25) is 5.91 Å². The number of nitrogens with zero attached hydrogens (tertiary/aromatic N) is 1. The average molecular weight is 303 g/mol. The summed E-state index contributed by atoms with van der Waals surface area (Å²) in [5.41, 5.74) is 6.52. The standard InChI is InChI=1S/C14H20Cl2N2O/c1-9(2)18(14(19)10(3)7-17)8-11-4-5-12(15)13(16)6-11/h4-6,9-10H,7-8,17H2,1-3H3. The first-order valence-corrected chi connectivity index (χ1v) is 7.06. The lowest BCUT2D eigenvalue weighted by Crippen LogP contribution is -2.41. The van der Waals surface area contributed by atoms with Gasteiger partial charge < -0.3 is 10.6 Å². The largest absolute Gasteiger partial charge is 0.336 e. The molecule has 0 aliphatic rings. The molecule has 0 saturated heterocycles. The van der Waals surface area contributed by atoms with E-state index in [1.807, 2.05) is 26.8 Å². The number of benzene rings is 1. The molecule has 5 heteroatoms. The van der Waals surface area contributed by atoms with Gasteiger partial charge in [-0.15, -0.1) is 0 Å². The molecule has 0 fully saturated rings. The quantitative estimate of drug-likeness (QED) is 0.907. The number of nitrogens with two attached hydrogens (primary N) is 1. The highest BCUT2D eigenvalue weighted by Gasteiger charge is 2.22. The van der Waals surface area contributed by atoms with Crippen molar-refractivity contribution >= 4 is 29.1 Å². The third-order valence-electron chi connectivity index (χ3n) is 3.02. The molecule has 1 rings (SSSR count). The van der Waals surface area contributed by atoms with Crippen LogP contribution >= 0.6 is 23.2 Å². The monoisotopic (exact) mass is 302 g/mol. The fourth-order valence-electron chi connectivity index (χ4n) is 1.73. The second-order valence-electron chi connectivity index (χ2n) is 4.95. The molecule has 2 N–H and O–H groups in total. The van der Waals surface area contributed by atoms with E-state index in [2.05, 4.69) is 0 Å². The number of rotatable bonds is 5. The molecule has 0 aliphatic carbocycles. The maximum absolute atomic E-state index is 12.3. The van der Waals surface area contributed by atoms with Crippen LogP contribution in [0.2, 0.25) is 10.0 Å². The van der Waals surface area contributed by atoms with Crippen molar-refractivity contribution in [2.45, 2.75) is 33.4 Å². The van der Waals surface area contributed by atoms with Gasteiger partial charge in [0, 0.05) is 25.0 Å². The fourth-order valence-corrected chi connectivity index (χ4v) is 2.05. The van der Waals surface area contributed by atoms with Crippen molar-refractivity contribution in [3.8, 4) is 0 Å². The van der Waals surface area contributed by atoms with E-state index in [9.17, 15) is 4.79 Å². The Balaban J connectivity index is 2.90. The van der Waals surface area contributed by atoms with Crippen molar-refractivity contribution in [3.05, 3.63) is 33.8 Å². The van der Waals surface area contributed by atoms with Gasteiger partial charge in [0.05, 0.1) is 10.0 Å². The van der Waals surface area contributed by atoms with Crippen LogP contribution in [-0.2, 0) is 11.3 Å². The first-order chi connectivity index (χ1) is 8.86. The van der Waals surface area contributed by atoms with E-state index in [1.54, 1.807) is 17.0 Å². The lowest BCUT2D eigenvalue weighted by atomic mass is 10.1. The van der Waals surface area contributed by atoms with Crippen molar-refractivity contribution in [2.24, 2.45) is 11.7 Å². The zero-order chi connectivity index (χ0) is 14.6. The highest BCUT2D eigenvalue weighted by atomic mass is 35.5. The molecule has 0 aliphatic heterocycles. The molecule has 1 amide bonds. The van der Waals surface area contributed by atoms with Crippen LogP contribution in [0.1, 0.15) is 26.3 Å². The van der Waals surface area contributed by atoms with E-state index in [0.29, 0.717) is 23.1 Å². The maximum Gasteiger partial charge on any atom is 0.227 e.